The number of hydrogen-bond donors (Lipinski definition) is 0. The van der Waals surface area contributed by atoms with Crippen LogP contribution in [0.25, 0.3) is 0 Å². The van der Waals surface area contributed by atoms with E-state index in [-0.39, 0.29) is 49.2 Å². The molecule has 0 saturated carbocycles. The molecule has 4 fully saturated rings. The first-order valence-electron chi connectivity index (χ1n) is 11.3. The predicted molar refractivity (Wildman–Crippen MR) is 118 cm³/mol. The highest BCUT2D eigenvalue weighted by Gasteiger charge is 2.56. The summed E-state index contributed by atoms with van der Waals surface area (Å²) < 4.78 is 33.7. The van der Waals surface area contributed by atoms with Gasteiger partial charge in [-0.25, -0.2) is 0 Å². The van der Waals surface area contributed by atoms with Crippen molar-refractivity contribution in [1.29, 1.82) is 0 Å². The average Bonchev–Trinajstić information content (AvgIpc) is 3.31. The number of methoxy groups -OCH3 is 2. The van der Waals surface area contributed by atoms with Gasteiger partial charge in [-0.3, -0.25) is 9.59 Å². The minimum atomic E-state index is -0.691. The molecular weight excluding hydrogens is 444 g/mol. The van der Waals surface area contributed by atoms with Gasteiger partial charge in [-0.2, -0.15) is 0 Å². The third-order valence-corrected chi connectivity index (χ3v) is 6.46. The molecule has 0 aliphatic carbocycles. The second-order valence-electron chi connectivity index (χ2n) is 9.56. The molecule has 10 heteroatoms. The third-order valence-electron chi connectivity index (χ3n) is 6.46. The fraction of sp³-hybridized carbons (Fsp3) is 0.750. The van der Waals surface area contributed by atoms with Crippen LogP contribution in [0.4, 0.5) is 0 Å². The quantitative estimate of drug-likeness (QED) is 0.383. The van der Waals surface area contributed by atoms with E-state index in [1.807, 2.05) is 27.7 Å². The Hall–Kier alpha value is -2.18. The van der Waals surface area contributed by atoms with Crippen molar-refractivity contribution >= 4 is 11.8 Å². The molecule has 0 aromatic heterocycles. The Morgan fingerprint density at radius 3 is 1.47 bits per heavy atom. The molecule has 0 N–H and O–H groups in total. The van der Waals surface area contributed by atoms with Crippen molar-refractivity contribution in [3.63, 3.8) is 0 Å². The summed E-state index contributed by atoms with van der Waals surface area (Å²) in [6, 6.07) is -0.519. The van der Waals surface area contributed by atoms with E-state index in [4.69, 9.17) is 28.4 Å². The van der Waals surface area contributed by atoms with Crippen LogP contribution >= 0.6 is 0 Å². The van der Waals surface area contributed by atoms with Crippen LogP contribution in [0.1, 0.15) is 27.7 Å². The van der Waals surface area contributed by atoms with E-state index in [2.05, 4.69) is 23.7 Å². The van der Waals surface area contributed by atoms with Crippen molar-refractivity contribution in [2.24, 2.45) is 0 Å². The summed E-state index contributed by atoms with van der Waals surface area (Å²) in [4.78, 5) is 28.0. The highest BCUT2D eigenvalue weighted by Crippen LogP contribution is 2.34. The van der Waals surface area contributed by atoms with Gasteiger partial charge in [0.1, 0.15) is 12.2 Å². The van der Waals surface area contributed by atoms with Crippen molar-refractivity contribution in [3.8, 4) is 23.7 Å². The molecule has 4 heterocycles. The molecular formula is C24H32N2O8. The van der Waals surface area contributed by atoms with Gasteiger partial charge in [0.05, 0.1) is 38.4 Å². The van der Waals surface area contributed by atoms with Crippen LogP contribution in [0.2, 0.25) is 0 Å². The van der Waals surface area contributed by atoms with Gasteiger partial charge in [0.15, 0.2) is 23.8 Å². The summed E-state index contributed by atoms with van der Waals surface area (Å²) in [7, 11) is 3.01. The molecule has 0 unspecified atom stereocenters. The van der Waals surface area contributed by atoms with Crippen molar-refractivity contribution in [1.82, 2.24) is 9.80 Å². The van der Waals surface area contributed by atoms with Crippen LogP contribution in [0.15, 0.2) is 0 Å². The molecule has 4 aliphatic rings. The summed E-state index contributed by atoms with van der Waals surface area (Å²) in [5.41, 5.74) is 0. The predicted octanol–water partition coefficient (Wildman–Crippen LogP) is -0.252. The summed E-state index contributed by atoms with van der Waals surface area (Å²) in [6.07, 6.45) is -1.68. The standard InChI is InChI=1S/C24H32N2O8/c1-23(2)31-13-15(33-23)17-19(29-5)21(27)25(17)11-9-7-8-10-12-26-18(20(30-6)22(26)28)16-14-32-24(3,4)34-16/h15-20H,11-14H2,1-6H3/t15-,16-,17+,18+,19-,20-/m1/s1. The molecule has 34 heavy (non-hydrogen) atoms. The Balaban J connectivity index is 1.32. The van der Waals surface area contributed by atoms with E-state index in [1.165, 1.54) is 14.2 Å². The Bertz CT molecular complexity index is 866. The van der Waals surface area contributed by atoms with E-state index in [1.54, 1.807) is 9.80 Å². The number of rotatable bonds is 6. The lowest BCUT2D eigenvalue weighted by Crippen LogP contribution is -2.70. The highest BCUT2D eigenvalue weighted by atomic mass is 16.7. The molecule has 10 nitrogen and oxygen atoms in total. The van der Waals surface area contributed by atoms with E-state index in [9.17, 15) is 9.59 Å². The van der Waals surface area contributed by atoms with Gasteiger partial charge in [-0.05, 0) is 39.5 Å². The molecule has 0 spiro atoms. The van der Waals surface area contributed by atoms with Gasteiger partial charge < -0.3 is 38.2 Å². The number of likely N-dealkylation sites (tertiary alicyclic amines) is 2. The van der Waals surface area contributed by atoms with Crippen molar-refractivity contribution < 1.29 is 38.0 Å². The molecule has 0 aromatic rings. The first-order valence-corrected chi connectivity index (χ1v) is 11.3. The molecule has 0 bridgehead atoms. The zero-order valence-corrected chi connectivity index (χ0v) is 20.5. The average molecular weight is 477 g/mol. The maximum atomic E-state index is 12.4. The lowest BCUT2D eigenvalue weighted by Gasteiger charge is -2.47. The lowest BCUT2D eigenvalue weighted by molar-refractivity contribution is -0.191. The van der Waals surface area contributed by atoms with E-state index in [0.29, 0.717) is 13.2 Å². The second-order valence-corrected chi connectivity index (χ2v) is 9.56. The molecule has 2 amide bonds. The zero-order valence-electron chi connectivity index (χ0n) is 20.5. The van der Waals surface area contributed by atoms with Gasteiger partial charge in [0.2, 0.25) is 0 Å². The number of amides is 2. The van der Waals surface area contributed by atoms with E-state index < -0.39 is 23.8 Å². The summed E-state index contributed by atoms with van der Waals surface area (Å²) in [6.45, 7) is 8.53. The Labute approximate surface area is 200 Å². The summed E-state index contributed by atoms with van der Waals surface area (Å²) in [5.74, 6) is 9.70. The Morgan fingerprint density at radius 2 is 1.18 bits per heavy atom. The van der Waals surface area contributed by atoms with Crippen LogP contribution in [-0.4, -0.2) is 110 Å². The zero-order chi connectivity index (χ0) is 24.7. The molecule has 6 atom stereocenters. The van der Waals surface area contributed by atoms with Gasteiger partial charge in [0, 0.05) is 14.2 Å². The van der Waals surface area contributed by atoms with E-state index in [0.717, 1.165) is 0 Å². The Morgan fingerprint density at radius 1 is 0.794 bits per heavy atom. The molecule has 186 valence electrons. The number of carbonyl (C=O) groups excluding carboxylic acids is 2. The van der Waals surface area contributed by atoms with Crippen LogP contribution in [0.3, 0.4) is 0 Å². The Kier molecular flexibility index (Phi) is 6.94. The topological polar surface area (TPSA) is 96.0 Å². The minimum absolute atomic E-state index is 0.135. The summed E-state index contributed by atoms with van der Waals surface area (Å²) in [5, 5.41) is 0. The fourth-order valence-electron chi connectivity index (χ4n) is 4.82. The van der Waals surface area contributed by atoms with E-state index >= 15 is 0 Å². The van der Waals surface area contributed by atoms with Crippen molar-refractivity contribution in [2.45, 2.75) is 75.8 Å². The smallest absolute Gasteiger partial charge is 0.255 e. The molecule has 0 aromatic carbocycles. The first kappa shape index (κ1) is 24.9. The molecule has 0 radical (unpaired) electrons. The SMILES string of the molecule is CO[C@H]1C(=O)N(CC#CC#CCN2C(=O)[C@H](OC)[C@@H]2[C@H]2COC(C)(C)O2)[C@H]1[C@H]1COC(C)(C)O1. The molecule has 4 rings (SSSR count). The van der Waals surface area contributed by atoms with Gasteiger partial charge in [-0.1, -0.05) is 11.8 Å². The van der Waals surface area contributed by atoms with Gasteiger partial charge in [0.25, 0.3) is 11.8 Å². The van der Waals surface area contributed by atoms with Crippen LogP contribution < -0.4 is 0 Å². The largest absolute Gasteiger partial charge is 0.369 e. The fourth-order valence-corrected chi connectivity index (χ4v) is 4.82. The number of β-lactam (4-membered cyclic amide) rings is 2. The summed E-state index contributed by atoms with van der Waals surface area (Å²) >= 11 is 0. The number of hydrogen-bond acceptors (Lipinski definition) is 8. The minimum Gasteiger partial charge on any atom is -0.369 e. The molecule has 4 aliphatic heterocycles. The van der Waals surface area contributed by atoms with Crippen molar-refractivity contribution in [2.75, 3.05) is 40.5 Å². The molecule has 4 saturated heterocycles. The lowest BCUT2D eigenvalue weighted by atomic mass is 9.92. The first-order chi connectivity index (χ1) is 16.1. The maximum Gasteiger partial charge on any atom is 0.255 e. The highest BCUT2D eigenvalue weighted by molar-refractivity contribution is 5.89. The van der Waals surface area contributed by atoms with Gasteiger partial charge >= 0.3 is 0 Å². The second kappa shape index (κ2) is 9.46. The van der Waals surface area contributed by atoms with Crippen LogP contribution in [-0.2, 0) is 38.0 Å². The normalized spacial score (nSPS) is 35.7. The number of ether oxygens (including phenoxy) is 6. The third kappa shape index (κ3) is 4.67. The monoisotopic (exact) mass is 476 g/mol. The van der Waals surface area contributed by atoms with Gasteiger partial charge in [-0.15, -0.1) is 0 Å². The number of nitrogens with zero attached hydrogens (tertiary/aromatic N) is 2. The number of carbonyl (C=O) groups is 2. The maximum absolute atomic E-state index is 12.4. The van der Waals surface area contributed by atoms with Crippen molar-refractivity contribution in [3.05, 3.63) is 0 Å². The van der Waals surface area contributed by atoms with Crippen LogP contribution in [0, 0.1) is 23.7 Å². The van der Waals surface area contributed by atoms with Crippen LogP contribution in [0.5, 0.6) is 0 Å².